The van der Waals surface area contributed by atoms with Crippen molar-refractivity contribution in [3.63, 3.8) is 0 Å². The molecule has 2 aliphatic heterocycles. The van der Waals surface area contributed by atoms with E-state index in [1.54, 1.807) is 20.8 Å². The van der Waals surface area contributed by atoms with Gasteiger partial charge in [-0.3, -0.25) is 4.79 Å². The Labute approximate surface area is 121 Å². The first-order chi connectivity index (χ1) is 9.40. The molecule has 21 heavy (non-hydrogen) atoms. The van der Waals surface area contributed by atoms with Crippen LogP contribution >= 0.6 is 0 Å². The Bertz CT molecular complexity index is 534. The van der Waals surface area contributed by atoms with Gasteiger partial charge in [-0.2, -0.15) is 0 Å². The number of rotatable bonds is 1. The molecule has 2 N–H and O–H groups in total. The third-order valence-corrected chi connectivity index (χ3v) is 2.02. The number of aromatic nitrogens is 1. The zero-order chi connectivity index (χ0) is 16.4. The predicted octanol–water partition coefficient (Wildman–Crippen LogP) is 1.42. The standard InChI is InChI=1S/C9H17NO4.C4HNO2/c1-8(2,3)14-7(12)13-6(11)9(4,5)10;6-3-2-1-7-4(3)5-2/h10H2,1-5H3;1H. The average Bonchev–Trinajstić information content (AvgIpc) is 2.87. The van der Waals surface area contributed by atoms with Crippen LogP contribution in [0.3, 0.4) is 0 Å². The lowest BCUT2D eigenvalue weighted by molar-refractivity contribution is -0.146. The van der Waals surface area contributed by atoms with E-state index in [1.807, 2.05) is 0 Å². The van der Waals surface area contributed by atoms with Gasteiger partial charge >= 0.3 is 12.1 Å². The van der Waals surface area contributed by atoms with Crippen molar-refractivity contribution in [1.82, 2.24) is 4.98 Å². The van der Waals surface area contributed by atoms with Gasteiger partial charge in [-0.05, 0) is 34.6 Å². The zero-order valence-corrected chi connectivity index (χ0v) is 12.6. The van der Waals surface area contributed by atoms with Crippen molar-refractivity contribution in [2.75, 3.05) is 0 Å². The molecular formula is C13H18N2O6. The number of hydrogen-bond acceptors (Lipinski definition) is 8. The first-order valence-electron chi connectivity index (χ1n) is 6.14. The molecule has 0 fully saturated rings. The molecule has 0 aromatic carbocycles. The average molecular weight is 298 g/mol. The van der Waals surface area contributed by atoms with E-state index in [1.165, 1.54) is 20.1 Å². The smallest absolute Gasteiger partial charge is 0.441 e. The van der Waals surface area contributed by atoms with Crippen LogP contribution in [-0.2, 0) is 14.3 Å². The van der Waals surface area contributed by atoms with Crippen LogP contribution in [0.25, 0.3) is 0 Å². The second-order valence-corrected chi connectivity index (χ2v) is 5.94. The van der Waals surface area contributed by atoms with E-state index >= 15 is 0 Å². The summed E-state index contributed by atoms with van der Waals surface area (Å²) in [6.45, 7) is 7.91. The van der Waals surface area contributed by atoms with Crippen LogP contribution in [0.2, 0.25) is 0 Å². The van der Waals surface area contributed by atoms with Crippen LogP contribution in [0.4, 0.5) is 4.79 Å². The number of ketones is 1. The summed E-state index contributed by atoms with van der Waals surface area (Å²) in [5.74, 6) is -0.623. The largest absolute Gasteiger partial charge is 0.516 e. The van der Waals surface area contributed by atoms with Gasteiger partial charge in [-0.25, -0.2) is 14.6 Å². The molecule has 0 atom stereocenters. The van der Waals surface area contributed by atoms with Crippen molar-refractivity contribution in [2.24, 2.45) is 5.73 Å². The fourth-order valence-electron chi connectivity index (χ4n) is 1.02. The Morgan fingerprint density at radius 1 is 1.24 bits per heavy atom. The topological polar surface area (TPSA) is 122 Å². The lowest BCUT2D eigenvalue weighted by Crippen LogP contribution is -2.44. The number of nitrogens with two attached hydrogens (primary N) is 1. The summed E-state index contributed by atoms with van der Waals surface area (Å²) in [6.07, 6.45) is 0.332. The zero-order valence-electron chi connectivity index (χ0n) is 12.6. The minimum absolute atomic E-state index is 0.0556. The highest BCUT2D eigenvalue weighted by molar-refractivity contribution is 6.09. The molecule has 3 heterocycles. The summed E-state index contributed by atoms with van der Waals surface area (Å²) in [6, 6.07) is 0. The van der Waals surface area contributed by atoms with Crippen molar-refractivity contribution in [2.45, 2.75) is 45.8 Å². The molecule has 0 radical (unpaired) electrons. The van der Waals surface area contributed by atoms with Crippen molar-refractivity contribution in [1.29, 1.82) is 0 Å². The quantitative estimate of drug-likeness (QED) is 0.619. The molecule has 3 rings (SSSR count). The van der Waals surface area contributed by atoms with Crippen LogP contribution in [0.15, 0.2) is 10.7 Å². The van der Waals surface area contributed by atoms with Crippen LogP contribution in [0.5, 0.6) is 0 Å². The van der Waals surface area contributed by atoms with Gasteiger partial charge in [-0.15, -0.1) is 0 Å². The lowest BCUT2D eigenvalue weighted by atomic mass is 10.1. The summed E-state index contributed by atoms with van der Waals surface area (Å²) in [5.41, 5.74) is 3.98. The minimum Gasteiger partial charge on any atom is -0.441 e. The highest BCUT2D eigenvalue weighted by atomic mass is 16.7. The number of oxazole rings is 1. The molecule has 0 amide bonds. The van der Waals surface area contributed by atoms with Gasteiger partial charge in [0.05, 0.1) is 0 Å². The molecule has 116 valence electrons. The normalized spacial score (nSPS) is 12.8. The molecule has 0 spiro atoms. The van der Waals surface area contributed by atoms with Crippen LogP contribution in [-0.4, -0.2) is 34.0 Å². The Kier molecular flexibility index (Phi) is 4.52. The Hall–Kier alpha value is -2.22. The minimum atomic E-state index is -1.20. The molecule has 1 aromatic heterocycles. The van der Waals surface area contributed by atoms with E-state index in [4.69, 9.17) is 10.5 Å². The molecule has 8 heteroatoms. The van der Waals surface area contributed by atoms with Gasteiger partial charge in [0.25, 0.3) is 11.7 Å². The fraction of sp³-hybridized carbons (Fsp3) is 0.538. The summed E-state index contributed by atoms with van der Waals surface area (Å²) in [7, 11) is 0. The van der Waals surface area contributed by atoms with Gasteiger partial charge in [0.1, 0.15) is 17.4 Å². The number of ether oxygens (including phenoxy) is 2. The number of carbonyl (C=O) groups is 3. The highest BCUT2D eigenvalue weighted by Gasteiger charge is 2.29. The molecule has 8 nitrogen and oxygen atoms in total. The van der Waals surface area contributed by atoms with Crippen molar-refractivity contribution in [3.05, 3.63) is 17.8 Å². The first-order valence-corrected chi connectivity index (χ1v) is 6.14. The number of esters is 1. The maximum Gasteiger partial charge on any atom is 0.516 e. The summed E-state index contributed by atoms with van der Waals surface area (Å²) in [5, 5.41) is 0. The summed E-state index contributed by atoms with van der Waals surface area (Å²) < 4.78 is 13.7. The fourth-order valence-corrected chi connectivity index (χ4v) is 1.02. The molecule has 2 aliphatic rings. The van der Waals surface area contributed by atoms with E-state index in [9.17, 15) is 14.4 Å². The van der Waals surface area contributed by atoms with Gasteiger partial charge in [0.2, 0.25) is 0 Å². The SMILES string of the molecule is CC(C)(C)OC(=O)OC(=O)C(C)(C)N.O=C1c2coc1n2. The second kappa shape index (κ2) is 5.65. The highest BCUT2D eigenvalue weighted by Crippen LogP contribution is 2.16. The number of nitrogens with zero attached hydrogens (tertiary/aromatic N) is 1. The Morgan fingerprint density at radius 3 is 2.05 bits per heavy atom. The van der Waals surface area contributed by atoms with E-state index < -0.39 is 23.3 Å². The molecule has 0 aliphatic carbocycles. The Morgan fingerprint density at radius 2 is 1.81 bits per heavy atom. The number of hydrogen-bond donors (Lipinski definition) is 1. The van der Waals surface area contributed by atoms with E-state index in [0.29, 0.717) is 5.69 Å². The second-order valence-electron chi connectivity index (χ2n) is 5.94. The van der Waals surface area contributed by atoms with E-state index in [0.717, 1.165) is 0 Å². The van der Waals surface area contributed by atoms with Crippen molar-refractivity contribution in [3.8, 4) is 0 Å². The van der Waals surface area contributed by atoms with Crippen LogP contribution in [0, 0.1) is 0 Å². The third kappa shape index (κ3) is 4.99. The maximum atomic E-state index is 11.1. The van der Waals surface area contributed by atoms with Crippen LogP contribution in [0.1, 0.15) is 51.0 Å². The van der Waals surface area contributed by atoms with Crippen molar-refractivity contribution >= 4 is 17.9 Å². The summed E-state index contributed by atoms with van der Waals surface area (Å²) in [4.78, 5) is 36.0. The first kappa shape index (κ1) is 16.8. The molecule has 2 bridgehead atoms. The summed E-state index contributed by atoms with van der Waals surface area (Å²) >= 11 is 0. The molecular weight excluding hydrogens is 280 g/mol. The lowest BCUT2D eigenvalue weighted by Gasteiger charge is -2.20. The van der Waals surface area contributed by atoms with Gasteiger partial charge in [0, 0.05) is 0 Å². The molecule has 1 aromatic rings. The molecule has 0 unspecified atom stereocenters. The van der Waals surface area contributed by atoms with Gasteiger partial charge < -0.3 is 19.6 Å². The molecule has 0 saturated heterocycles. The monoisotopic (exact) mass is 298 g/mol. The molecule has 0 saturated carbocycles. The van der Waals surface area contributed by atoms with Crippen molar-refractivity contribution < 1.29 is 28.3 Å². The van der Waals surface area contributed by atoms with E-state index in [2.05, 4.69) is 14.1 Å². The number of fused-ring (bicyclic) bond motifs is 1. The number of carbonyl (C=O) groups excluding carboxylic acids is 3. The Balaban J connectivity index is 0.000000255. The maximum absolute atomic E-state index is 11.1. The third-order valence-electron chi connectivity index (χ3n) is 2.02. The predicted molar refractivity (Wildman–Crippen MR) is 70.5 cm³/mol. The van der Waals surface area contributed by atoms with Gasteiger partial charge in [-0.1, -0.05) is 0 Å². The van der Waals surface area contributed by atoms with Crippen LogP contribution < -0.4 is 5.73 Å². The van der Waals surface area contributed by atoms with E-state index in [-0.39, 0.29) is 11.7 Å². The van der Waals surface area contributed by atoms with Gasteiger partial charge in [0.15, 0.2) is 5.69 Å².